The highest BCUT2D eigenvalue weighted by Crippen LogP contribution is 2.27. The zero-order chi connectivity index (χ0) is 15.5. The van der Waals surface area contributed by atoms with E-state index in [4.69, 9.17) is 0 Å². The largest absolute Gasteiger partial charge is 0.480 e. The molecule has 0 aromatic carbocycles. The van der Waals surface area contributed by atoms with Crippen LogP contribution < -0.4 is 5.32 Å². The Morgan fingerprint density at radius 3 is 2.62 bits per heavy atom. The van der Waals surface area contributed by atoms with Crippen LogP contribution in [0.15, 0.2) is 0 Å². The van der Waals surface area contributed by atoms with Crippen molar-refractivity contribution in [3.8, 4) is 0 Å². The summed E-state index contributed by atoms with van der Waals surface area (Å²) < 4.78 is 0. The van der Waals surface area contributed by atoms with Gasteiger partial charge >= 0.3 is 5.97 Å². The van der Waals surface area contributed by atoms with Gasteiger partial charge in [0.1, 0.15) is 5.54 Å². The molecule has 21 heavy (non-hydrogen) atoms. The zero-order valence-corrected chi connectivity index (χ0v) is 13.8. The second-order valence-corrected chi connectivity index (χ2v) is 6.91. The number of carbonyl (C=O) groups is 1. The van der Waals surface area contributed by atoms with Gasteiger partial charge in [-0.25, -0.2) is 0 Å². The zero-order valence-electron chi connectivity index (χ0n) is 13.8. The van der Waals surface area contributed by atoms with E-state index < -0.39 is 11.5 Å². The summed E-state index contributed by atoms with van der Waals surface area (Å²) in [5.74, 6) is -0.677. The standard InChI is InChI=1S/C16H31N3O2/c1-4-16(15(20)21,17-14-6-7-14)8-5-9-19-11-10-18(3)12-13(19)2/h13-14,17H,4-12H2,1-3H3,(H,20,21). The van der Waals surface area contributed by atoms with Crippen molar-refractivity contribution in [3.63, 3.8) is 0 Å². The first-order valence-corrected chi connectivity index (χ1v) is 8.40. The Labute approximate surface area is 128 Å². The molecule has 1 aliphatic carbocycles. The van der Waals surface area contributed by atoms with Crippen molar-refractivity contribution in [1.82, 2.24) is 15.1 Å². The van der Waals surface area contributed by atoms with Gasteiger partial charge in [-0.1, -0.05) is 6.92 Å². The van der Waals surface area contributed by atoms with E-state index in [1.807, 2.05) is 6.92 Å². The minimum Gasteiger partial charge on any atom is -0.480 e. The molecule has 2 unspecified atom stereocenters. The fourth-order valence-electron chi connectivity index (χ4n) is 3.38. The third-order valence-corrected chi connectivity index (χ3v) is 5.09. The lowest BCUT2D eigenvalue weighted by Crippen LogP contribution is -2.54. The van der Waals surface area contributed by atoms with E-state index in [1.165, 1.54) is 0 Å². The van der Waals surface area contributed by atoms with Gasteiger partial charge in [0.05, 0.1) is 0 Å². The van der Waals surface area contributed by atoms with Crippen LogP contribution in [0.5, 0.6) is 0 Å². The molecule has 5 heteroatoms. The SMILES string of the molecule is CCC(CCCN1CCN(C)CC1C)(NC1CC1)C(=O)O. The van der Waals surface area contributed by atoms with Gasteiger partial charge in [0.15, 0.2) is 0 Å². The molecular weight excluding hydrogens is 266 g/mol. The van der Waals surface area contributed by atoms with Gasteiger partial charge in [-0.2, -0.15) is 0 Å². The second kappa shape index (κ2) is 7.07. The minimum absolute atomic E-state index is 0.434. The van der Waals surface area contributed by atoms with Crippen LogP contribution in [-0.4, -0.2) is 71.7 Å². The molecule has 2 atom stereocenters. The van der Waals surface area contributed by atoms with E-state index in [-0.39, 0.29) is 0 Å². The first kappa shape index (κ1) is 16.7. The highest BCUT2D eigenvalue weighted by atomic mass is 16.4. The molecule has 1 saturated carbocycles. The molecule has 0 bridgehead atoms. The molecule has 2 rings (SSSR count). The maximum absolute atomic E-state index is 11.7. The summed E-state index contributed by atoms with van der Waals surface area (Å²) in [6.07, 6.45) is 4.61. The van der Waals surface area contributed by atoms with Gasteiger partial charge < -0.3 is 10.0 Å². The molecule has 1 saturated heterocycles. The highest BCUT2D eigenvalue weighted by molar-refractivity contribution is 5.78. The van der Waals surface area contributed by atoms with Crippen molar-refractivity contribution in [2.75, 3.05) is 33.2 Å². The number of aliphatic carboxylic acids is 1. The summed E-state index contributed by atoms with van der Waals surface area (Å²) >= 11 is 0. The van der Waals surface area contributed by atoms with Crippen LogP contribution in [0, 0.1) is 0 Å². The number of nitrogens with one attached hydrogen (secondary N) is 1. The number of carboxylic acid groups (broad SMARTS) is 1. The first-order chi connectivity index (χ1) is 9.97. The topological polar surface area (TPSA) is 55.8 Å². The average Bonchev–Trinajstić information content (AvgIpc) is 3.23. The van der Waals surface area contributed by atoms with Crippen molar-refractivity contribution < 1.29 is 9.90 Å². The monoisotopic (exact) mass is 297 g/mol. The van der Waals surface area contributed by atoms with E-state index in [2.05, 4.69) is 29.1 Å². The quantitative estimate of drug-likeness (QED) is 0.709. The fourth-order valence-corrected chi connectivity index (χ4v) is 3.38. The third-order valence-electron chi connectivity index (χ3n) is 5.09. The normalized spacial score (nSPS) is 27.5. The number of likely N-dealkylation sites (N-methyl/N-ethyl adjacent to an activating group) is 1. The van der Waals surface area contributed by atoms with Gasteiger partial charge in [-0.05, 0) is 52.6 Å². The maximum atomic E-state index is 11.7. The lowest BCUT2D eigenvalue weighted by Gasteiger charge is -2.39. The Hall–Kier alpha value is -0.650. The maximum Gasteiger partial charge on any atom is 0.323 e. The molecule has 0 aromatic heterocycles. The lowest BCUT2D eigenvalue weighted by molar-refractivity contribution is -0.145. The summed E-state index contributed by atoms with van der Waals surface area (Å²) in [5.41, 5.74) is -0.711. The first-order valence-electron chi connectivity index (χ1n) is 8.40. The van der Waals surface area contributed by atoms with Gasteiger partial charge in [-0.3, -0.25) is 15.0 Å². The van der Waals surface area contributed by atoms with Crippen molar-refractivity contribution in [1.29, 1.82) is 0 Å². The Balaban J connectivity index is 1.82. The molecule has 2 fully saturated rings. The minimum atomic E-state index is -0.711. The van der Waals surface area contributed by atoms with Crippen molar-refractivity contribution in [2.45, 2.75) is 63.6 Å². The summed E-state index contributed by atoms with van der Waals surface area (Å²) in [4.78, 5) is 16.6. The van der Waals surface area contributed by atoms with E-state index in [1.54, 1.807) is 0 Å². The molecule has 0 radical (unpaired) electrons. The van der Waals surface area contributed by atoms with E-state index in [0.717, 1.165) is 51.9 Å². The Morgan fingerprint density at radius 1 is 1.38 bits per heavy atom. The Morgan fingerprint density at radius 2 is 2.10 bits per heavy atom. The van der Waals surface area contributed by atoms with Crippen molar-refractivity contribution in [3.05, 3.63) is 0 Å². The predicted octanol–water partition coefficient (Wildman–Crippen LogP) is 1.39. The van der Waals surface area contributed by atoms with Crippen LogP contribution in [-0.2, 0) is 4.79 Å². The van der Waals surface area contributed by atoms with Gasteiger partial charge in [0.2, 0.25) is 0 Å². The predicted molar refractivity (Wildman–Crippen MR) is 84.6 cm³/mol. The van der Waals surface area contributed by atoms with Crippen LogP contribution in [0.1, 0.15) is 46.0 Å². The summed E-state index contributed by atoms with van der Waals surface area (Å²) in [6, 6.07) is 1.00. The number of hydrogen-bond acceptors (Lipinski definition) is 4. The number of nitrogens with zero attached hydrogens (tertiary/aromatic N) is 2. The molecule has 1 aliphatic heterocycles. The molecule has 0 spiro atoms. The fraction of sp³-hybridized carbons (Fsp3) is 0.938. The van der Waals surface area contributed by atoms with Crippen molar-refractivity contribution in [2.24, 2.45) is 0 Å². The molecular formula is C16H31N3O2. The summed E-state index contributed by atoms with van der Waals surface area (Å²) in [6.45, 7) is 8.58. The van der Waals surface area contributed by atoms with Crippen LogP contribution in [0.4, 0.5) is 0 Å². The Bertz CT molecular complexity index is 359. The number of piperazine rings is 1. The van der Waals surface area contributed by atoms with Gasteiger partial charge in [0, 0.05) is 31.7 Å². The molecule has 1 heterocycles. The second-order valence-electron chi connectivity index (χ2n) is 6.91. The number of carboxylic acids is 1. The van der Waals surface area contributed by atoms with Gasteiger partial charge in [-0.15, -0.1) is 0 Å². The number of hydrogen-bond donors (Lipinski definition) is 2. The van der Waals surface area contributed by atoms with Crippen LogP contribution in [0.3, 0.4) is 0 Å². The summed E-state index contributed by atoms with van der Waals surface area (Å²) in [5, 5.41) is 13.0. The van der Waals surface area contributed by atoms with Gasteiger partial charge in [0.25, 0.3) is 0 Å². The summed E-state index contributed by atoms with van der Waals surface area (Å²) in [7, 11) is 2.17. The number of rotatable bonds is 8. The molecule has 2 aliphatic rings. The van der Waals surface area contributed by atoms with Crippen LogP contribution >= 0.6 is 0 Å². The van der Waals surface area contributed by atoms with Crippen LogP contribution in [0.25, 0.3) is 0 Å². The molecule has 0 aromatic rings. The molecule has 0 amide bonds. The average molecular weight is 297 g/mol. The Kier molecular flexibility index (Phi) is 5.63. The van der Waals surface area contributed by atoms with E-state index in [0.29, 0.717) is 18.5 Å². The highest BCUT2D eigenvalue weighted by Gasteiger charge is 2.40. The smallest absolute Gasteiger partial charge is 0.323 e. The lowest BCUT2D eigenvalue weighted by atomic mass is 9.90. The van der Waals surface area contributed by atoms with E-state index >= 15 is 0 Å². The molecule has 5 nitrogen and oxygen atoms in total. The van der Waals surface area contributed by atoms with Crippen LogP contribution in [0.2, 0.25) is 0 Å². The van der Waals surface area contributed by atoms with Crippen molar-refractivity contribution >= 4 is 5.97 Å². The molecule has 2 N–H and O–H groups in total. The third kappa shape index (κ3) is 4.41. The van der Waals surface area contributed by atoms with E-state index in [9.17, 15) is 9.90 Å². The molecule has 122 valence electrons.